The third kappa shape index (κ3) is 4.69. The van der Waals surface area contributed by atoms with E-state index >= 15 is 0 Å². The van der Waals surface area contributed by atoms with E-state index in [2.05, 4.69) is 15.4 Å². The van der Waals surface area contributed by atoms with Crippen LogP contribution >= 0.6 is 0 Å². The molecule has 2 aromatic rings. The molecule has 1 aliphatic carbocycles. The number of hydrogen-bond acceptors (Lipinski definition) is 4. The molecule has 1 saturated carbocycles. The highest BCUT2D eigenvalue weighted by atomic mass is 19.1. The molecule has 0 unspecified atom stereocenters. The molecule has 7 heteroatoms. The summed E-state index contributed by atoms with van der Waals surface area (Å²) in [7, 11) is 1.24. The first kappa shape index (κ1) is 18.6. The lowest BCUT2D eigenvalue weighted by Gasteiger charge is -2.07. The molecule has 2 amide bonds. The molecule has 3 rings (SSSR count). The van der Waals surface area contributed by atoms with Crippen LogP contribution in [0, 0.1) is 11.7 Å². The summed E-state index contributed by atoms with van der Waals surface area (Å²) in [5, 5.41) is 5.26. The molecular weight excluding hydrogens is 351 g/mol. The highest BCUT2D eigenvalue weighted by Crippen LogP contribution is 2.47. The molecule has 2 aromatic carbocycles. The van der Waals surface area contributed by atoms with E-state index in [1.165, 1.54) is 19.2 Å². The van der Waals surface area contributed by atoms with Crippen LogP contribution in [0.4, 0.5) is 10.1 Å². The number of esters is 1. The Kier molecular flexibility index (Phi) is 5.49. The zero-order chi connectivity index (χ0) is 19.4. The zero-order valence-corrected chi connectivity index (χ0v) is 14.7. The van der Waals surface area contributed by atoms with Crippen molar-refractivity contribution in [2.24, 2.45) is 5.92 Å². The summed E-state index contributed by atoms with van der Waals surface area (Å²) >= 11 is 0. The zero-order valence-electron chi connectivity index (χ0n) is 14.7. The number of hydrogen-bond donors (Lipinski definition) is 2. The fraction of sp³-hybridized carbons (Fsp3) is 0.250. The monoisotopic (exact) mass is 370 g/mol. The van der Waals surface area contributed by atoms with Crippen molar-refractivity contribution in [1.29, 1.82) is 0 Å². The van der Waals surface area contributed by atoms with E-state index < -0.39 is 11.9 Å². The molecular formula is C20H19FN2O4. The number of carbonyl (C=O) groups is 3. The molecule has 0 heterocycles. The van der Waals surface area contributed by atoms with Crippen LogP contribution in [0.15, 0.2) is 48.5 Å². The van der Waals surface area contributed by atoms with Gasteiger partial charge in [-0.05, 0) is 54.3 Å². The van der Waals surface area contributed by atoms with Crippen molar-refractivity contribution in [3.8, 4) is 0 Å². The quantitative estimate of drug-likeness (QED) is 0.765. The lowest BCUT2D eigenvalue weighted by molar-refractivity contribution is -0.139. The van der Waals surface area contributed by atoms with E-state index in [1.807, 2.05) is 0 Å². The number of ether oxygens (including phenoxy) is 1. The van der Waals surface area contributed by atoms with Gasteiger partial charge in [-0.2, -0.15) is 0 Å². The van der Waals surface area contributed by atoms with Crippen molar-refractivity contribution >= 4 is 23.5 Å². The van der Waals surface area contributed by atoms with E-state index in [-0.39, 0.29) is 30.1 Å². The normalized spacial score (nSPS) is 17.7. The van der Waals surface area contributed by atoms with Crippen LogP contribution in [0.2, 0.25) is 0 Å². The summed E-state index contributed by atoms with van der Waals surface area (Å²) < 4.78 is 17.4. The maximum absolute atomic E-state index is 13.0. The fourth-order valence-corrected chi connectivity index (χ4v) is 2.83. The number of halogens is 1. The predicted octanol–water partition coefficient (Wildman–Crippen LogP) is 2.47. The molecule has 0 radical (unpaired) electrons. The second kappa shape index (κ2) is 7.99. The molecule has 1 fully saturated rings. The summed E-state index contributed by atoms with van der Waals surface area (Å²) in [6, 6.07) is 12.6. The van der Waals surface area contributed by atoms with Crippen LogP contribution in [0.25, 0.3) is 0 Å². The first-order chi connectivity index (χ1) is 13.0. The number of anilines is 1. The van der Waals surface area contributed by atoms with Gasteiger partial charge < -0.3 is 15.4 Å². The first-order valence-corrected chi connectivity index (χ1v) is 8.49. The number of methoxy groups -OCH3 is 1. The topological polar surface area (TPSA) is 84.5 Å². The molecule has 0 bridgehead atoms. The summed E-state index contributed by atoms with van der Waals surface area (Å²) in [4.78, 5) is 35.3. The van der Waals surface area contributed by atoms with Gasteiger partial charge >= 0.3 is 5.97 Å². The van der Waals surface area contributed by atoms with Crippen molar-refractivity contribution in [3.05, 3.63) is 65.5 Å². The van der Waals surface area contributed by atoms with Crippen molar-refractivity contribution in [2.45, 2.75) is 12.3 Å². The molecule has 0 aliphatic heterocycles. The third-order valence-corrected chi connectivity index (χ3v) is 4.46. The number of nitrogens with one attached hydrogen (secondary N) is 2. The number of carbonyl (C=O) groups excluding carboxylic acids is 3. The van der Waals surface area contributed by atoms with Gasteiger partial charge in [-0.3, -0.25) is 14.4 Å². The second-order valence-corrected chi connectivity index (χ2v) is 6.33. The summed E-state index contributed by atoms with van der Waals surface area (Å²) in [5.74, 6) is -1.37. The standard InChI is InChI=1S/C20H19FN2O4/c1-27-18(24)11-22-19(25)13-4-8-15(9-5-13)23-20(26)17-10-16(17)12-2-6-14(21)7-3-12/h2-9,16-17H,10-11H2,1H3,(H,22,25)(H,23,26)/t16-,17-/m0/s1. The van der Waals surface area contributed by atoms with Crippen LogP contribution in [0.5, 0.6) is 0 Å². The number of benzene rings is 2. The molecule has 0 spiro atoms. The summed E-state index contributed by atoms with van der Waals surface area (Å²) in [6.45, 7) is -0.208. The molecule has 0 aromatic heterocycles. The maximum atomic E-state index is 13.0. The van der Waals surface area contributed by atoms with Gasteiger partial charge in [0.2, 0.25) is 5.91 Å². The molecule has 2 atom stereocenters. The molecule has 6 nitrogen and oxygen atoms in total. The molecule has 27 heavy (non-hydrogen) atoms. The van der Waals surface area contributed by atoms with Gasteiger partial charge in [0.05, 0.1) is 7.11 Å². The predicted molar refractivity (Wildman–Crippen MR) is 96.7 cm³/mol. The Hall–Kier alpha value is -3.22. The van der Waals surface area contributed by atoms with Gasteiger partial charge in [0, 0.05) is 17.2 Å². The Morgan fingerprint density at radius 2 is 1.74 bits per heavy atom. The average Bonchev–Trinajstić information content (AvgIpc) is 3.48. The molecule has 1 aliphatic rings. The Balaban J connectivity index is 1.52. The Labute approximate surface area is 155 Å². The van der Waals surface area contributed by atoms with Crippen molar-refractivity contribution in [3.63, 3.8) is 0 Å². The van der Waals surface area contributed by atoms with Crippen LogP contribution in [0.1, 0.15) is 28.3 Å². The van der Waals surface area contributed by atoms with Gasteiger partial charge in [0.15, 0.2) is 0 Å². The van der Waals surface area contributed by atoms with E-state index in [4.69, 9.17) is 0 Å². The lowest BCUT2D eigenvalue weighted by Crippen LogP contribution is -2.30. The fourth-order valence-electron chi connectivity index (χ4n) is 2.83. The average molecular weight is 370 g/mol. The van der Waals surface area contributed by atoms with Crippen LogP contribution in [-0.2, 0) is 14.3 Å². The highest BCUT2D eigenvalue weighted by Gasteiger charge is 2.43. The number of rotatable bonds is 6. The minimum absolute atomic E-state index is 0.104. The maximum Gasteiger partial charge on any atom is 0.325 e. The van der Waals surface area contributed by atoms with Gasteiger partial charge in [-0.1, -0.05) is 12.1 Å². The molecule has 0 saturated heterocycles. The smallest absolute Gasteiger partial charge is 0.325 e. The minimum atomic E-state index is -0.535. The Morgan fingerprint density at radius 3 is 2.37 bits per heavy atom. The van der Waals surface area contributed by atoms with Gasteiger partial charge in [-0.25, -0.2) is 4.39 Å². The van der Waals surface area contributed by atoms with E-state index in [1.54, 1.807) is 36.4 Å². The van der Waals surface area contributed by atoms with Gasteiger partial charge in [-0.15, -0.1) is 0 Å². The van der Waals surface area contributed by atoms with Crippen LogP contribution < -0.4 is 10.6 Å². The van der Waals surface area contributed by atoms with Crippen LogP contribution in [0.3, 0.4) is 0 Å². The highest BCUT2D eigenvalue weighted by molar-refractivity contribution is 5.98. The minimum Gasteiger partial charge on any atom is -0.468 e. The second-order valence-electron chi connectivity index (χ2n) is 6.33. The SMILES string of the molecule is COC(=O)CNC(=O)c1ccc(NC(=O)[C@H]2C[C@H]2c2ccc(F)cc2)cc1. The summed E-state index contributed by atoms with van der Waals surface area (Å²) in [6.07, 6.45) is 0.728. The van der Waals surface area contributed by atoms with Gasteiger partial charge in [0.1, 0.15) is 12.4 Å². The lowest BCUT2D eigenvalue weighted by atomic mass is 10.1. The van der Waals surface area contributed by atoms with E-state index in [9.17, 15) is 18.8 Å². The number of amides is 2. The van der Waals surface area contributed by atoms with E-state index in [0.717, 1.165) is 12.0 Å². The van der Waals surface area contributed by atoms with Gasteiger partial charge in [0.25, 0.3) is 5.91 Å². The third-order valence-electron chi connectivity index (χ3n) is 4.46. The molecule has 140 valence electrons. The molecule has 2 N–H and O–H groups in total. The largest absolute Gasteiger partial charge is 0.468 e. The summed E-state index contributed by atoms with van der Waals surface area (Å²) in [5.41, 5.74) is 1.90. The first-order valence-electron chi connectivity index (χ1n) is 8.49. The van der Waals surface area contributed by atoms with Crippen molar-refractivity contribution in [1.82, 2.24) is 5.32 Å². The van der Waals surface area contributed by atoms with E-state index in [0.29, 0.717) is 11.3 Å². The Morgan fingerprint density at radius 1 is 1.07 bits per heavy atom. The van der Waals surface area contributed by atoms with Crippen LogP contribution in [-0.4, -0.2) is 31.4 Å². The Bertz CT molecular complexity index is 849. The van der Waals surface area contributed by atoms with Crippen molar-refractivity contribution < 1.29 is 23.5 Å². The van der Waals surface area contributed by atoms with Crippen molar-refractivity contribution in [2.75, 3.05) is 19.0 Å².